The molecule has 0 heterocycles. The molecule has 0 aromatic rings. The van der Waals surface area contributed by atoms with Gasteiger partial charge in [-0.3, -0.25) is 0 Å². The summed E-state index contributed by atoms with van der Waals surface area (Å²) in [5, 5.41) is 11.9. The maximum Gasteiger partial charge on any atom is 0.0454 e. The van der Waals surface area contributed by atoms with Crippen molar-refractivity contribution < 1.29 is 9.90 Å². The topological polar surface area (TPSA) is 40.1 Å². The lowest BCUT2D eigenvalue weighted by Gasteiger charge is -2.67. The van der Waals surface area contributed by atoms with Crippen LogP contribution < -0.4 is 5.11 Å². The maximum atomic E-state index is 11.9. The van der Waals surface area contributed by atoms with Crippen molar-refractivity contribution in [3.05, 3.63) is 12.2 Å². The first-order valence-corrected chi connectivity index (χ1v) is 9.75. The van der Waals surface area contributed by atoms with Crippen LogP contribution in [0, 0.1) is 45.8 Å². The molecule has 0 amide bonds. The van der Waals surface area contributed by atoms with Crippen LogP contribution in [-0.2, 0) is 4.79 Å². The normalized spacial score (nSPS) is 53.2. The van der Waals surface area contributed by atoms with Crippen molar-refractivity contribution in [2.24, 2.45) is 45.8 Å². The third-order valence-electron chi connectivity index (χ3n) is 9.24. The molecular formula is C21H29O2-. The molecule has 0 aliphatic heterocycles. The van der Waals surface area contributed by atoms with E-state index in [4.69, 9.17) is 0 Å². The molecule has 3 atom stereocenters. The van der Waals surface area contributed by atoms with Gasteiger partial charge in [-0.25, -0.2) is 0 Å². The molecule has 0 spiro atoms. The Morgan fingerprint density at radius 2 is 1.57 bits per heavy atom. The Kier molecular flexibility index (Phi) is 2.68. The van der Waals surface area contributed by atoms with Crippen LogP contribution in [0.1, 0.15) is 65.2 Å². The first-order chi connectivity index (χ1) is 10.9. The number of hydrogen-bond donors (Lipinski definition) is 0. The molecule has 6 aliphatic rings. The standard InChI is InChI=1S/C21H30O2/c1-19(2,21-4-3-13(12-21)8-17(21)18(22)23)20-9-14-5-15(10-20)7-16(6-14)11-20/h3-4,13-17H,5-12H2,1-2H3,(H,22,23)/p-1. The smallest absolute Gasteiger partial charge is 0.0454 e. The van der Waals surface area contributed by atoms with Crippen LogP contribution in [0.4, 0.5) is 0 Å². The number of allylic oxidation sites excluding steroid dienone is 2. The Balaban J connectivity index is 1.59. The van der Waals surface area contributed by atoms with E-state index in [0.717, 1.165) is 30.6 Å². The van der Waals surface area contributed by atoms with Crippen LogP contribution >= 0.6 is 0 Å². The second-order valence-corrected chi connectivity index (χ2v) is 10.3. The van der Waals surface area contributed by atoms with E-state index in [-0.39, 0.29) is 16.7 Å². The zero-order valence-electron chi connectivity index (χ0n) is 14.5. The Bertz CT molecular complexity index is 551. The van der Waals surface area contributed by atoms with Gasteiger partial charge in [-0.15, -0.1) is 0 Å². The van der Waals surface area contributed by atoms with Gasteiger partial charge in [0.1, 0.15) is 0 Å². The molecule has 0 aromatic heterocycles. The van der Waals surface area contributed by atoms with Gasteiger partial charge in [0.15, 0.2) is 0 Å². The predicted octanol–water partition coefficient (Wildman–Crippen LogP) is 3.56. The Hall–Kier alpha value is -0.790. The van der Waals surface area contributed by atoms with E-state index in [1.165, 1.54) is 38.5 Å². The average Bonchev–Trinajstić information content (AvgIpc) is 3.05. The minimum absolute atomic E-state index is 0.0719. The first kappa shape index (κ1) is 14.5. The summed E-state index contributed by atoms with van der Waals surface area (Å²) in [5.74, 6) is 2.17. The molecule has 5 saturated carbocycles. The zero-order valence-corrected chi connectivity index (χ0v) is 14.5. The van der Waals surface area contributed by atoms with E-state index < -0.39 is 5.97 Å². The van der Waals surface area contributed by atoms with Crippen LogP contribution in [-0.4, -0.2) is 5.97 Å². The number of fused-ring (bicyclic) bond motifs is 2. The van der Waals surface area contributed by atoms with Gasteiger partial charge < -0.3 is 9.90 Å². The van der Waals surface area contributed by atoms with E-state index in [2.05, 4.69) is 26.0 Å². The van der Waals surface area contributed by atoms with Crippen molar-refractivity contribution in [1.29, 1.82) is 0 Å². The minimum atomic E-state index is -0.797. The molecular weight excluding hydrogens is 284 g/mol. The highest BCUT2D eigenvalue weighted by atomic mass is 16.4. The number of carbonyl (C=O) groups is 1. The monoisotopic (exact) mass is 313 g/mol. The summed E-state index contributed by atoms with van der Waals surface area (Å²) in [7, 11) is 0. The predicted molar refractivity (Wildman–Crippen MR) is 87.2 cm³/mol. The minimum Gasteiger partial charge on any atom is -0.550 e. The Labute approximate surface area is 139 Å². The number of carboxylic acid groups (broad SMARTS) is 1. The number of carbonyl (C=O) groups excluding carboxylic acids is 1. The molecule has 6 aliphatic carbocycles. The number of hydrogen-bond acceptors (Lipinski definition) is 2. The molecule has 23 heavy (non-hydrogen) atoms. The second-order valence-electron chi connectivity index (χ2n) is 10.3. The van der Waals surface area contributed by atoms with E-state index in [1.807, 2.05) is 0 Å². The average molecular weight is 313 g/mol. The van der Waals surface area contributed by atoms with Crippen molar-refractivity contribution in [2.75, 3.05) is 0 Å². The summed E-state index contributed by atoms with van der Waals surface area (Å²) in [6, 6.07) is 0. The first-order valence-electron chi connectivity index (χ1n) is 9.75. The second kappa shape index (κ2) is 4.24. The maximum absolute atomic E-state index is 11.9. The van der Waals surface area contributed by atoms with Crippen LogP contribution in [0.15, 0.2) is 12.2 Å². The molecule has 2 nitrogen and oxygen atoms in total. The third-order valence-corrected chi connectivity index (χ3v) is 9.24. The third kappa shape index (κ3) is 1.63. The molecule has 6 rings (SSSR count). The molecule has 3 unspecified atom stereocenters. The highest BCUT2D eigenvalue weighted by molar-refractivity contribution is 5.71. The zero-order chi connectivity index (χ0) is 16.0. The van der Waals surface area contributed by atoms with Crippen LogP contribution in [0.3, 0.4) is 0 Å². The van der Waals surface area contributed by atoms with E-state index in [1.54, 1.807) is 0 Å². The summed E-state index contributed by atoms with van der Waals surface area (Å²) in [5.41, 5.74) is 0.295. The lowest BCUT2D eigenvalue weighted by atomic mass is 9.38. The van der Waals surface area contributed by atoms with Gasteiger partial charge in [0.25, 0.3) is 0 Å². The highest BCUT2D eigenvalue weighted by Crippen LogP contribution is 2.74. The number of carboxylic acids is 1. The van der Waals surface area contributed by atoms with E-state index in [0.29, 0.717) is 11.3 Å². The Morgan fingerprint density at radius 3 is 2.04 bits per heavy atom. The van der Waals surface area contributed by atoms with Gasteiger partial charge in [0.05, 0.1) is 0 Å². The lowest BCUT2D eigenvalue weighted by molar-refractivity contribution is -0.317. The van der Waals surface area contributed by atoms with Gasteiger partial charge in [-0.1, -0.05) is 26.0 Å². The number of aliphatic carboxylic acids is 1. The Morgan fingerprint density at radius 1 is 1.00 bits per heavy atom. The number of rotatable bonds is 3. The van der Waals surface area contributed by atoms with Crippen molar-refractivity contribution in [3.8, 4) is 0 Å². The summed E-state index contributed by atoms with van der Waals surface area (Å²) in [6.45, 7) is 4.85. The van der Waals surface area contributed by atoms with Gasteiger partial charge in [0, 0.05) is 17.3 Å². The van der Waals surface area contributed by atoms with E-state index in [9.17, 15) is 9.90 Å². The molecule has 2 heteroatoms. The summed E-state index contributed by atoms with van der Waals surface area (Å²) < 4.78 is 0. The SMILES string of the molecule is CC(C)(C12CC3CC(CC(C3)C1)C2)C12C=CC(CC1C(=O)[O-])C2. The van der Waals surface area contributed by atoms with Crippen LogP contribution in [0.2, 0.25) is 0 Å². The fraction of sp³-hybridized carbons (Fsp3) is 0.857. The molecule has 5 fully saturated rings. The molecule has 0 saturated heterocycles. The largest absolute Gasteiger partial charge is 0.550 e. The van der Waals surface area contributed by atoms with Gasteiger partial charge in [-0.2, -0.15) is 0 Å². The molecule has 0 radical (unpaired) electrons. The van der Waals surface area contributed by atoms with Crippen molar-refractivity contribution in [3.63, 3.8) is 0 Å². The van der Waals surface area contributed by atoms with Crippen molar-refractivity contribution in [2.45, 2.75) is 65.2 Å². The van der Waals surface area contributed by atoms with Gasteiger partial charge >= 0.3 is 0 Å². The molecule has 0 N–H and O–H groups in total. The highest BCUT2D eigenvalue weighted by Gasteiger charge is 2.66. The van der Waals surface area contributed by atoms with Gasteiger partial charge in [0.2, 0.25) is 0 Å². The summed E-state index contributed by atoms with van der Waals surface area (Å²) >= 11 is 0. The van der Waals surface area contributed by atoms with Crippen LogP contribution in [0.25, 0.3) is 0 Å². The fourth-order valence-electron chi connectivity index (χ4n) is 8.39. The molecule has 6 bridgehead atoms. The summed E-state index contributed by atoms with van der Waals surface area (Å²) in [6.07, 6.45) is 14.9. The van der Waals surface area contributed by atoms with Crippen LogP contribution in [0.5, 0.6) is 0 Å². The fourth-order valence-corrected chi connectivity index (χ4v) is 8.39. The van der Waals surface area contributed by atoms with E-state index >= 15 is 0 Å². The lowest BCUT2D eigenvalue weighted by Crippen LogP contribution is -2.60. The van der Waals surface area contributed by atoms with Crippen molar-refractivity contribution >= 4 is 5.97 Å². The quantitative estimate of drug-likeness (QED) is 0.747. The molecule has 126 valence electrons. The van der Waals surface area contributed by atoms with Crippen molar-refractivity contribution in [1.82, 2.24) is 0 Å². The summed E-state index contributed by atoms with van der Waals surface area (Å²) in [4.78, 5) is 11.9. The van der Waals surface area contributed by atoms with Gasteiger partial charge in [-0.05, 0) is 85.9 Å². The molecule has 0 aromatic carbocycles.